The van der Waals surface area contributed by atoms with Crippen molar-refractivity contribution in [2.24, 2.45) is 0 Å². The molecule has 1 aliphatic rings. The molecule has 4 aromatic rings. The second kappa shape index (κ2) is 8.11. The quantitative estimate of drug-likeness (QED) is 0.480. The Kier molecular flexibility index (Phi) is 5.01. The third-order valence-electron chi connectivity index (χ3n) is 5.93. The molecule has 0 aliphatic heterocycles. The van der Waals surface area contributed by atoms with E-state index in [1.165, 1.54) is 37.7 Å². The van der Waals surface area contributed by atoms with E-state index in [1.54, 1.807) is 27.8 Å². The Bertz CT molecular complexity index is 1190. The molecule has 0 radical (unpaired) electrons. The molecule has 1 aliphatic carbocycles. The summed E-state index contributed by atoms with van der Waals surface area (Å²) < 4.78 is 3.52. The third-order valence-corrected chi connectivity index (χ3v) is 5.93. The van der Waals surface area contributed by atoms with Crippen LogP contribution in [0.1, 0.15) is 43.6 Å². The van der Waals surface area contributed by atoms with Crippen molar-refractivity contribution in [2.75, 3.05) is 0 Å². The highest BCUT2D eigenvalue weighted by atomic mass is 16.1. The van der Waals surface area contributed by atoms with E-state index >= 15 is 0 Å². The van der Waals surface area contributed by atoms with Crippen molar-refractivity contribution in [3.05, 3.63) is 94.9 Å². The van der Waals surface area contributed by atoms with Crippen LogP contribution < -0.4 is 5.43 Å². The van der Waals surface area contributed by atoms with E-state index in [9.17, 15) is 4.79 Å². The lowest BCUT2D eigenvalue weighted by atomic mass is 9.84. The average Bonchev–Trinajstić information content (AvgIpc) is 3.30. The minimum atomic E-state index is -0.122. The number of hydrogen-bond acceptors (Lipinski definition) is 3. The number of hydrogen-bond donors (Lipinski definition) is 0. The molecule has 0 saturated heterocycles. The van der Waals surface area contributed by atoms with Gasteiger partial charge in [0.25, 0.3) is 0 Å². The Hall–Kier alpha value is -3.47. The van der Waals surface area contributed by atoms with Crippen LogP contribution in [0.15, 0.2) is 83.9 Å². The molecule has 5 nitrogen and oxygen atoms in total. The lowest BCUT2D eigenvalue weighted by molar-refractivity contribution is 0.443. The molecule has 150 valence electrons. The molecule has 2 heterocycles. The standard InChI is InChI=1S/C25H24N4O/c30-24-16-18-28(21-13-11-20(12-14-21)19-7-3-1-4-8-19)27-25(24)23-15-17-26-29(23)22-9-5-2-6-10-22/h2,5-6,9-19H,1,3-4,7-8H2. The SMILES string of the molecule is O=c1ccn(-c2ccc(C3CCCCC3)cc2)nc1-c1ccnn1-c1ccccc1. The molecular formula is C25H24N4O. The summed E-state index contributed by atoms with van der Waals surface area (Å²) in [7, 11) is 0. The molecule has 2 aromatic heterocycles. The summed E-state index contributed by atoms with van der Waals surface area (Å²) in [5.41, 5.74) is 4.19. The van der Waals surface area contributed by atoms with E-state index in [2.05, 4.69) is 34.5 Å². The maximum atomic E-state index is 12.6. The molecule has 5 heteroatoms. The van der Waals surface area contributed by atoms with Gasteiger partial charge in [0.15, 0.2) is 5.69 Å². The molecule has 2 aromatic carbocycles. The van der Waals surface area contributed by atoms with Crippen LogP contribution in [-0.2, 0) is 0 Å². The Morgan fingerprint density at radius 1 is 0.800 bits per heavy atom. The average molecular weight is 396 g/mol. The van der Waals surface area contributed by atoms with E-state index in [0.29, 0.717) is 17.3 Å². The molecule has 1 saturated carbocycles. The molecule has 5 rings (SSSR count). The highest BCUT2D eigenvalue weighted by Gasteiger charge is 2.16. The van der Waals surface area contributed by atoms with Gasteiger partial charge in [-0.05, 0) is 54.7 Å². The van der Waals surface area contributed by atoms with Crippen LogP contribution in [0, 0.1) is 0 Å². The second-order valence-electron chi connectivity index (χ2n) is 7.86. The van der Waals surface area contributed by atoms with Gasteiger partial charge in [0.1, 0.15) is 0 Å². The summed E-state index contributed by atoms with van der Waals surface area (Å²) in [6.07, 6.45) is 9.99. The molecule has 0 bridgehead atoms. The van der Waals surface area contributed by atoms with Gasteiger partial charge in [0.05, 0.1) is 23.3 Å². The lowest BCUT2D eigenvalue weighted by Gasteiger charge is -2.22. The number of benzene rings is 2. The molecule has 0 N–H and O–H groups in total. The summed E-state index contributed by atoms with van der Waals surface area (Å²) in [5.74, 6) is 0.672. The van der Waals surface area contributed by atoms with Crippen LogP contribution in [0.2, 0.25) is 0 Å². The fourth-order valence-electron chi connectivity index (χ4n) is 4.32. The van der Waals surface area contributed by atoms with Crippen LogP contribution in [0.3, 0.4) is 0 Å². The monoisotopic (exact) mass is 396 g/mol. The number of nitrogens with zero attached hydrogens (tertiary/aromatic N) is 4. The second-order valence-corrected chi connectivity index (χ2v) is 7.86. The first-order chi connectivity index (χ1) is 14.8. The van der Waals surface area contributed by atoms with Crippen molar-refractivity contribution in [3.8, 4) is 22.8 Å². The molecular weight excluding hydrogens is 372 g/mol. The largest absolute Gasteiger partial charge is 0.287 e. The predicted octanol–water partition coefficient (Wildman–Crippen LogP) is 5.13. The van der Waals surface area contributed by atoms with Gasteiger partial charge in [-0.2, -0.15) is 10.2 Å². The van der Waals surface area contributed by atoms with E-state index in [-0.39, 0.29) is 5.43 Å². The van der Waals surface area contributed by atoms with Gasteiger partial charge in [0, 0.05) is 12.3 Å². The van der Waals surface area contributed by atoms with Crippen LogP contribution in [-0.4, -0.2) is 19.6 Å². The van der Waals surface area contributed by atoms with Crippen molar-refractivity contribution < 1.29 is 0 Å². The van der Waals surface area contributed by atoms with Gasteiger partial charge in [-0.1, -0.05) is 49.6 Å². The fourth-order valence-corrected chi connectivity index (χ4v) is 4.32. The maximum Gasteiger partial charge on any atom is 0.209 e. The molecule has 1 fully saturated rings. The van der Waals surface area contributed by atoms with Crippen LogP contribution in [0.5, 0.6) is 0 Å². The van der Waals surface area contributed by atoms with Gasteiger partial charge in [-0.15, -0.1) is 0 Å². The van der Waals surface area contributed by atoms with E-state index in [0.717, 1.165) is 11.4 Å². The van der Waals surface area contributed by atoms with Crippen molar-refractivity contribution in [2.45, 2.75) is 38.0 Å². The number of rotatable bonds is 4. The zero-order chi connectivity index (χ0) is 20.3. The molecule has 30 heavy (non-hydrogen) atoms. The fraction of sp³-hybridized carbons (Fsp3) is 0.240. The van der Waals surface area contributed by atoms with Crippen molar-refractivity contribution >= 4 is 0 Å². The lowest BCUT2D eigenvalue weighted by Crippen LogP contribution is -2.15. The predicted molar refractivity (Wildman–Crippen MR) is 118 cm³/mol. The van der Waals surface area contributed by atoms with Crippen molar-refractivity contribution in [1.29, 1.82) is 0 Å². The third kappa shape index (κ3) is 3.59. The van der Waals surface area contributed by atoms with Crippen molar-refractivity contribution in [3.63, 3.8) is 0 Å². The molecule has 0 spiro atoms. The first-order valence-electron chi connectivity index (χ1n) is 10.6. The first kappa shape index (κ1) is 18.6. The maximum absolute atomic E-state index is 12.6. The summed E-state index contributed by atoms with van der Waals surface area (Å²) >= 11 is 0. The number of para-hydroxylation sites is 1. The highest BCUT2D eigenvalue weighted by molar-refractivity contribution is 5.57. The van der Waals surface area contributed by atoms with E-state index in [4.69, 9.17) is 0 Å². The highest BCUT2D eigenvalue weighted by Crippen LogP contribution is 2.32. The molecule has 0 amide bonds. The Morgan fingerprint density at radius 3 is 2.33 bits per heavy atom. The first-order valence-corrected chi connectivity index (χ1v) is 10.6. The van der Waals surface area contributed by atoms with Crippen LogP contribution >= 0.6 is 0 Å². The normalized spacial score (nSPS) is 14.7. The van der Waals surface area contributed by atoms with Gasteiger partial charge >= 0.3 is 0 Å². The summed E-state index contributed by atoms with van der Waals surface area (Å²) in [6, 6.07) is 21.8. The Morgan fingerprint density at radius 2 is 1.57 bits per heavy atom. The Balaban J connectivity index is 1.49. The van der Waals surface area contributed by atoms with Crippen LogP contribution in [0.4, 0.5) is 0 Å². The molecule has 0 atom stereocenters. The van der Waals surface area contributed by atoms with Crippen LogP contribution in [0.25, 0.3) is 22.8 Å². The van der Waals surface area contributed by atoms with E-state index < -0.39 is 0 Å². The smallest absolute Gasteiger partial charge is 0.209 e. The van der Waals surface area contributed by atoms with Gasteiger partial charge in [-0.25, -0.2) is 9.36 Å². The van der Waals surface area contributed by atoms with Gasteiger partial charge in [-0.3, -0.25) is 4.79 Å². The summed E-state index contributed by atoms with van der Waals surface area (Å²) in [6.45, 7) is 0. The summed E-state index contributed by atoms with van der Waals surface area (Å²) in [4.78, 5) is 12.6. The zero-order valence-electron chi connectivity index (χ0n) is 16.8. The van der Waals surface area contributed by atoms with Gasteiger partial charge in [0.2, 0.25) is 5.43 Å². The van der Waals surface area contributed by atoms with Gasteiger partial charge < -0.3 is 0 Å². The zero-order valence-corrected chi connectivity index (χ0v) is 16.8. The minimum Gasteiger partial charge on any atom is -0.287 e. The minimum absolute atomic E-state index is 0.122. The van der Waals surface area contributed by atoms with E-state index in [1.807, 2.05) is 36.4 Å². The Labute approximate surface area is 175 Å². The summed E-state index contributed by atoms with van der Waals surface area (Å²) in [5, 5.41) is 9.05. The van der Waals surface area contributed by atoms with Crippen molar-refractivity contribution in [1.82, 2.24) is 19.6 Å². The number of aromatic nitrogens is 4. The molecule has 0 unspecified atom stereocenters. The topological polar surface area (TPSA) is 52.7 Å².